The van der Waals surface area contributed by atoms with Crippen LogP contribution in [0.3, 0.4) is 0 Å². The second-order valence-electron chi connectivity index (χ2n) is 6.58. The minimum Gasteiger partial charge on any atom is -0.416 e. The summed E-state index contributed by atoms with van der Waals surface area (Å²) in [6.07, 6.45) is 1.76. The molecule has 1 saturated carbocycles. The summed E-state index contributed by atoms with van der Waals surface area (Å²) in [5.41, 5.74) is 7.95. The van der Waals surface area contributed by atoms with E-state index in [0.717, 1.165) is 24.0 Å². The molecule has 0 saturated heterocycles. The Labute approximate surface area is 155 Å². The van der Waals surface area contributed by atoms with E-state index in [1.807, 2.05) is 31.2 Å². The van der Waals surface area contributed by atoms with Crippen molar-refractivity contribution < 1.29 is 14.0 Å². The van der Waals surface area contributed by atoms with Gasteiger partial charge in [0.25, 0.3) is 5.91 Å². The zero-order valence-corrected chi connectivity index (χ0v) is 14.7. The number of hydrogen-bond donors (Lipinski definition) is 2. The molecule has 27 heavy (non-hydrogen) atoms. The van der Waals surface area contributed by atoms with Gasteiger partial charge >= 0.3 is 0 Å². The Morgan fingerprint density at radius 1 is 0.963 bits per heavy atom. The summed E-state index contributed by atoms with van der Waals surface area (Å²) in [4.78, 5) is 23.7. The topological polar surface area (TPSA) is 97.1 Å². The highest BCUT2D eigenvalue weighted by atomic mass is 16.4. The zero-order valence-electron chi connectivity index (χ0n) is 14.7. The highest BCUT2D eigenvalue weighted by Gasteiger charge is 2.29. The summed E-state index contributed by atoms with van der Waals surface area (Å²) in [6.45, 7) is 2.00. The van der Waals surface area contributed by atoms with Gasteiger partial charge in [0.1, 0.15) is 0 Å². The van der Waals surface area contributed by atoms with Crippen LogP contribution in [0.5, 0.6) is 0 Å². The second-order valence-corrected chi connectivity index (χ2v) is 6.58. The van der Waals surface area contributed by atoms with Crippen LogP contribution in [-0.2, 0) is 4.79 Å². The van der Waals surface area contributed by atoms with Crippen LogP contribution in [-0.4, -0.2) is 22.0 Å². The number of nitrogens with zero attached hydrogens (tertiary/aromatic N) is 2. The molecule has 7 heteroatoms. The molecule has 1 aliphatic carbocycles. The number of nitrogens with one attached hydrogen (secondary N) is 2. The van der Waals surface area contributed by atoms with Crippen LogP contribution in [0.15, 0.2) is 52.9 Å². The Morgan fingerprint density at radius 2 is 1.67 bits per heavy atom. The molecular weight excluding hydrogens is 344 g/mol. The zero-order chi connectivity index (χ0) is 18.8. The summed E-state index contributed by atoms with van der Waals surface area (Å²) in [6, 6.07) is 14.6. The number of hydrogen-bond acceptors (Lipinski definition) is 5. The van der Waals surface area contributed by atoms with E-state index in [0.29, 0.717) is 22.9 Å². The predicted molar refractivity (Wildman–Crippen MR) is 98.2 cm³/mol. The SMILES string of the molecule is Cc1cccc(-c2nnc(-c3ccc(C(=O)NNC(=O)C4CC4)cc3)o2)c1. The number of rotatable bonds is 4. The quantitative estimate of drug-likeness (QED) is 0.696. The van der Waals surface area contributed by atoms with E-state index in [9.17, 15) is 9.59 Å². The summed E-state index contributed by atoms with van der Waals surface area (Å²) in [5.74, 6) is 0.336. The Kier molecular flexibility index (Phi) is 4.42. The van der Waals surface area contributed by atoms with Gasteiger partial charge in [-0.05, 0) is 56.2 Å². The third-order valence-corrected chi connectivity index (χ3v) is 4.33. The third kappa shape index (κ3) is 3.87. The van der Waals surface area contributed by atoms with Gasteiger partial charge in [-0.15, -0.1) is 10.2 Å². The lowest BCUT2D eigenvalue weighted by Crippen LogP contribution is -2.42. The Morgan fingerprint density at radius 3 is 2.33 bits per heavy atom. The minimum absolute atomic E-state index is 0.0350. The van der Waals surface area contributed by atoms with Crippen molar-refractivity contribution in [3.8, 4) is 22.9 Å². The van der Waals surface area contributed by atoms with Crippen molar-refractivity contribution in [2.45, 2.75) is 19.8 Å². The first-order valence-electron chi connectivity index (χ1n) is 8.71. The molecule has 1 fully saturated rings. The average Bonchev–Trinajstić information content (AvgIpc) is 3.42. The molecule has 136 valence electrons. The van der Waals surface area contributed by atoms with E-state index >= 15 is 0 Å². The summed E-state index contributed by atoms with van der Waals surface area (Å²) in [7, 11) is 0. The fraction of sp³-hybridized carbons (Fsp3) is 0.200. The van der Waals surface area contributed by atoms with Crippen LogP contribution < -0.4 is 10.9 Å². The molecule has 3 aromatic rings. The van der Waals surface area contributed by atoms with Gasteiger partial charge in [0.05, 0.1) is 0 Å². The average molecular weight is 362 g/mol. The van der Waals surface area contributed by atoms with Crippen LogP contribution in [0.25, 0.3) is 22.9 Å². The van der Waals surface area contributed by atoms with E-state index < -0.39 is 0 Å². The summed E-state index contributed by atoms with van der Waals surface area (Å²) < 4.78 is 5.74. The molecule has 0 bridgehead atoms. The molecule has 1 aromatic heterocycles. The van der Waals surface area contributed by atoms with Gasteiger partial charge in [-0.3, -0.25) is 20.4 Å². The molecule has 0 radical (unpaired) electrons. The van der Waals surface area contributed by atoms with Gasteiger partial charge in [0, 0.05) is 22.6 Å². The van der Waals surface area contributed by atoms with E-state index in [1.165, 1.54) is 0 Å². The van der Waals surface area contributed by atoms with Gasteiger partial charge < -0.3 is 4.42 Å². The van der Waals surface area contributed by atoms with Crippen molar-refractivity contribution >= 4 is 11.8 Å². The lowest BCUT2D eigenvalue weighted by atomic mass is 10.1. The molecule has 0 aliphatic heterocycles. The summed E-state index contributed by atoms with van der Waals surface area (Å²) >= 11 is 0. The molecule has 2 amide bonds. The standard InChI is InChI=1S/C20H18N4O3/c1-12-3-2-4-16(11-12)20-24-23-19(27-20)15-9-7-14(8-10-15)18(26)22-21-17(25)13-5-6-13/h2-4,7-11,13H,5-6H2,1H3,(H,21,25)(H,22,26). The molecule has 0 atom stereocenters. The maximum atomic E-state index is 12.1. The summed E-state index contributed by atoms with van der Waals surface area (Å²) in [5, 5.41) is 8.17. The molecule has 2 N–H and O–H groups in total. The van der Waals surface area contributed by atoms with Crippen molar-refractivity contribution in [3.05, 3.63) is 59.7 Å². The van der Waals surface area contributed by atoms with Crippen molar-refractivity contribution in [2.24, 2.45) is 5.92 Å². The number of aryl methyl sites for hydroxylation is 1. The smallest absolute Gasteiger partial charge is 0.269 e. The fourth-order valence-electron chi connectivity index (χ4n) is 2.64. The molecular formula is C20H18N4O3. The first kappa shape index (κ1) is 17.0. The predicted octanol–water partition coefficient (Wildman–Crippen LogP) is 2.88. The monoisotopic (exact) mass is 362 g/mol. The molecule has 1 aliphatic rings. The van der Waals surface area contributed by atoms with Crippen molar-refractivity contribution in [2.75, 3.05) is 0 Å². The molecule has 4 rings (SSSR count). The largest absolute Gasteiger partial charge is 0.416 e. The first-order chi connectivity index (χ1) is 13.1. The van der Waals surface area contributed by atoms with Crippen LogP contribution in [0, 0.1) is 12.8 Å². The Hall–Kier alpha value is -3.48. The fourth-order valence-corrected chi connectivity index (χ4v) is 2.64. The Bertz CT molecular complexity index is 990. The van der Waals surface area contributed by atoms with E-state index in [4.69, 9.17) is 4.42 Å². The number of hydrazine groups is 1. The maximum Gasteiger partial charge on any atom is 0.269 e. The normalized spacial score (nSPS) is 13.2. The molecule has 1 heterocycles. The molecule has 0 unspecified atom stereocenters. The second kappa shape index (κ2) is 7.03. The molecule has 2 aromatic carbocycles. The van der Waals surface area contributed by atoms with E-state index in [1.54, 1.807) is 24.3 Å². The lowest BCUT2D eigenvalue weighted by Gasteiger charge is -2.06. The number of carbonyl (C=O) groups is 2. The number of amides is 2. The lowest BCUT2D eigenvalue weighted by molar-refractivity contribution is -0.123. The van der Waals surface area contributed by atoms with Crippen LogP contribution in [0.1, 0.15) is 28.8 Å². The maximum absolute atomic E-state index is 12.1. The van der Waals surface area contributed by atoms with Gasteiger partial charge in [0.2, 0.25) is 17.7 Å². The number of carbonyl (C=O) groups excluding carboxylic acids is 2. The van der Waals surface area contributed by atoms with Crippen molar-refractivity contribution in [3.63, 3.8) is 0 Å². The van der Waals surface area contributed by atoms with Crippen LogP contribution >= 0.6 is 0 Å². The van der Waals surface area contributed by atoms with Gasteiger partial charge in [-0.25, -0.2) is 0 Å². The van der Waals surface area contributed by atoms with Crippen molar-refractivity contribution in [1.29, 1.82) is 0 Å². The first-order valence-corrected chi connectivity index (χ1v) is 8.71. The minimum atomic E-state index is -0.374. The molecule has 0 spiro atoms. The van der Waals surface area contributed by atoms with Crippen molar-refractivity contribution in [1.82, 2.24) is 21.0 Å². The highest BCUT2D eigenvalue weighted by Crippen LogP contribution is 2.28. The number of aromatic nitrogens is 2. The highest BCUT2D eigenvalue weighted by molar-refractivity contribution is 5.96. The van der Waals surface area contributed by atoms with Gasteiger partial charge in [0.15, 0.2) is 0 Å². The van der Waals surface area contributed by atoms with E-state index in [-0.39, 0.29) is 17.7 Å². The Balaban J connectivity index is 1.44. The van der Waals surface area contributed by atoms with E-state index in [2.05, 4.69) is 21.0 Å². The van der Waals surface area contributed by atoms with Gasteiger partial charge in [-0.2, -0.15) is 0 Å². The van der Waals surface area contributed by atoms with Crippen LogP contribution in [0.4, 0.5) is 0 Å². The van der Waals surface area contributed by atoms with Crippen LogP contribution in [0.2, 0.25) is 0 Å². The number of benzene rings is 2. The molecule has 7 nitrogen and oxygen atoms in total. The van der Waals surface area contributed by atoms with Gasteiger partial charge in [-0.1, -0.05) is 17.7 Å². The third-order valence-electron chi connectivity index (χ3n) is 4.33.